The summed E-state index contributed by atoms with van der Waals surface area (Å²) >= 11 is 0. The summed E-state index contributed by atoms with van der Waals surface area (Å²) in [7, 11) is -0.662. The normalized spacial score (nSPS) is 16.2. The van der Waals surface area contributed by atoms with Crippen molar-refractivity contribution in [3.63, 3.8) is 0 Å². The lowest BCUT2D eigenvalue weighted by Gasteiger charge is -2.35. The minimum atomic E-state index is -0.662. The van der Waals surface area contributed by atoms with E-state index < -0.39 is 18.8 Å². The van der Waals surface area contributed by atoms with Crippen molar-refractivity contribution in [2.75, 3.05) is 5.32 Å². The van der Waals surface area contributed by atoms with Gasteiger partial charge in [0, 0.05) is 29.6 Å². The van der Waals surface area contributed by atoms with Crippen LogP contribution in [0.5, 0.6) is 0 Å². The number of amides is 1. The number of nitrogens with one attached hydrogen (secondary N) is 1. The van der Waals surface area contributed by atoms with Gasteiger partial charge in [0.1, 0.15) is 11.4 Å². The van der Waals surface area contributed by atoms with Crippen molar-refractivity contribution in [3.05, 3.63) is 132 Å². The lowest BCUT2D eigenvalue weighted by Crippen LogP contribution is -2.49. The van der Waals surface area contributed by atoms with Crippen LogP contribution in [0.1, 0.15) is 75.9 Å². The van der Waals surface area contributed by atoms with Crippen LogP contribution in [0.15, 0.2) is 115 Å². The molecule has 2 heterocycles. The van der Waals surface area contributed by atoms with E-state index in [0.29, 0.717) is 30.6 Å². The van der Waals surface area contributed by atoms with Crippen LogP contribution >= 0.6 is 0 Å². The van der Waals surface area contributed by atoms with Crippen LogP contribution in [-0.2, 0) is 25.4 Å². The number of aromatic nitrogens is 1. The average molecular weight is 701 g/mol. The molecule has 0 saturated carbocycles. The van der Waals surface area contributed by atoms with E-state index in [0.717, 1.165) is 33.5 Å². The fourth-order valence-corrected chi connectivity index (χ4v) is 6.92. The summed E-state index contributed by atoms with van der Waals surface area (Å²) in [5.41, 5.74) is 5.65. The Morgan fingerprint density at radius 3 is 2.06 bits per heavy atom. The van der Waals surface area contributed by atoms with Crippen LogP contribution < -0.4 is 10.8 Å². The van der Waals surface area contributed by atoms with Gasteiger partial charge in [-0.25, -0.2) is 4.39 Å². The van der Waals surface area contributed by atoms with E-state index >= 15 is 0 Å². The van der Waals surface area contributed by atoms with Crippen LogP contribution in [-0.4, -0.2) is 41.4 Å². The summed E-state index contributed by atoms with van der Waals surface area (Å²) in [5, 5.41) is 3.14. The molecule has 1 N–H and O–H groups in total. The van der Waals surface area contributed by atoms with E-state index in [-0.39, 0.29) is 36.1 Å². The zero-order valence-electron chi connectivity index (χ0n) is 30.5. The maximum Gasteiger partial charge on any atom is 0.494 e. The molecule has 0 bridgehead atoms. The largest absolute Gasteiger partial charge is 0.494 e. The number of anilines is 1. The Kier molecular flexibility index (Phi) is 11.4. The zero-order chi connectivity index (χ0) is 36.8. The Morgan fingerprint density at radius 2 is 1.44 bits per heavy atom. The highest BCUT2D eigenvalue weighted by molar-refractivity contribution is 6.61. The van der Waals surface area contributed by atoms with Gasteiger partial charge in [0.05, 0.1) is 23.8 Å². The number of carbonyl (C=O) groups excluding carboxylic acids is 2. The van der Waals surface area contributed by atoms with E-state index in [1.807, 2.05) is 112 Å². The Labute approximate surface area is 306 Å². The third kappa shape index (κ3) is 8.90. The molecule has 1 aliphatic rings. The number of carbonyl (C=O) groups is 2. The molecule has 0 aliphatic carbocycles. The summed E-state index contributed by atoms with van der Waals surface area (Å²) in [5.74, 6) is -0.939. The lowest BCUT2D eigenvalue weighted by atomic mass is 9.76. The Balaban J connectivity index is 1.43. The number of para-hydroxylation sites is 1. The second-order valence-electron chi connectivity index (χ2n) is 14.6. The van der Waals surface area contributed by atoms with Gasteiger partial charge < -0.3 is 23.9 Å². The van der Waals surface area contributed by atoms with E-state index in [9.17, 15) is 14.0 Å². The fourth-order valence-electron chi connectivity index (χ4n) is 6.92. The monoisotopic (exact) mass is 700 g/mol. The van der Waals surface area contributed by atoms with E-state index in [4.69, 9.17) is 14.0 Å². The molecule has 1 aromatic heterocycles. The number of halogens is 1. The van der Waals surface area contributed by atoms with Crippen molar-refractivity contribution >= 4 is 30.1 Å². The second-order valence-corrected chi connectivity index (χ2v) is 14.6. The molecule has 7 nitrogen and oxygen atoms in total. The minimum Gasteiger partial charge on any atom is -0.460 e. The lowest BCUT2D eigenvalue weighted by molar-refractivity contribution is -0.157. The Morgan fingerprint density at radius 1 is 0.846 bits per heavy atom. The third-order valence-electron chi connectivity index (χ3n) is 9.01. The molecule has 1 aliphatic heterocycles. The van der Waals surface area contributed by atoms with Crippen LogP contribution in [0.4, 0.5) is 10.1 Å². The van der Waals surface area contributed by atoms with Crippen LogP contribution in [0.3, 0.4) is 0 Å². The molecular formula is C43H46BFN2O5. The predicted octanol–water partition coefficient (Wildman–Crippen LogP) is 9.03. The number of benzene rings is 4. The summed E-state index contributed by atoms with van der Waals surface area (Å²) in [6.07, 6.45) is 0.450. The number of ether oxygens (including phenoxy) is 1. The van der Waals surface area contributed by atoms with Gasteiger partial charge in [-0.15, -0.1) is 0 Å². The van der Waals surface area contributed by atoms with Crippen LogP contribution in [0.25, 0.3) is 22.4 Å². The SMILES string of the molecule is CC(C)c1c(C(=O)Nc2ccccc2)c(-c2ccccc2)c(-c2ccc(F)cc2)n1CCC1CC(CC(=O)OC(C)(C)C)OB(c2ccccc2)O1. The molecule has 4 aromatic carbocycles. The van der Waals surface area contributed by atoms with Crippen molar-refractivity contribution in [1.82, 2.24) is 4.57 Å². The zero-order valence-corrected chi connectivity index (χ0v) is 30.5. The number of hydrogen-bond donors (Lipinski definition) is 1. The highest BCUT2D eigenvalue weighted by Gasteiger charge is 2.38. The number of nitrogens with zero attached hydrogens (tertiary/aromatic N) is 1. The van der Waals surface area contributed by atoms with Gasteiger partial charge in [-0.05, 0) is 92.5 Å². The molecule has 1 amide bonds. The molecule has 0 spiro atoms. The minimum absolute atomic E-state index is 0.0548. The molecule has 268 valence electrons. The first kappa shape index (κ1) is 36.8. The summed E-state index contributed by atoms with van der Waals surface area (Å²) in [6, 6.07) is 35.5. The first-order chi connectivity index (χ1) is 25.0. The first-order valence-corrected chi connectivity index (χ1v) is 18.0. The van der Waals surface area contributed by atoms with Crippen molar-refractivity contribution in [1.29, 1.82) is 0 Å². The van der Waals surface area contributed by atoms with Gasteiger partial charge in [-0.3, -0.25) is 9.59 Å². The maximum absolute atomic E-state index is 14.5. The number of hydrogen-bond acceptors (Lipinski definition) is 5. The van der Waals surface area contributed by atoms with E-state index in [2.05, 4.69) is 23.7 Å². The molecule has 2 atom stereocenters. The molecular weight excluding hydrogens is 654 g/mol. The highest BCUT2D eigenvalue weighted by atomic mass is 19.1. The van der Waals surface area contributed by atoms with Crippen LogP contribution in [0.2, 0.25) is 0 Å². The third-order valence-corrected chi connectivity index (χ3v) is 9.01. The summed E-state index contributed by atoms with van der Waals surface area (Å²) in [6.45, 7) is 10.2. The molecule has 6 rings (SSSR count). The standard InChI is InChI=1S/C43H46BFN2O5/c1-29(2)40-39(42(49)46-34-19-13-8-14-20-34)38(30-15-9-6-10-16-30)41(31-21-23-33(45)24-22-31)47(40)26-25-35-27-36(28-37(48)50-43(3,4)5)52-44(51-35)32-17-11-7-12-18-32/h6-24,29,35-36H,25-28H2,1-5H3,(H,46,49). The average Bonchev–Trinajstić information content (AvgIpc) is 3.47. The van der Waals surface area contributed by atoms with E-state index in [1.54, 1.807) is 12.1 Å². The van der Waals surface area contributed by atoms with Gasteiger partial charge in [0.2, 0.25) is 0 Å². The van der Waals surface area contributed by atoms with Gasteiger partial charge >= 0.3 is 13.1 Å². The second kappa shape index (κ2) is 16.1. The van der Waals surface area contributed by atoms with Crippen molar-refractivity contribution in [2.24, 2.45) is 0 Å². The Hall–Kier alpha value is -4.99. The smallest absolute Gasteiger partial charge is 0.460 e. The van der Waals surface area contributed by atoms with Crippen molar-refractivity contribution < 1.29 is 28.0 Å². The predicted molar refractivity (Wildman–Crippen MR) is 205 cm³/mol. The van der Waals surface area contributed by atoms with Gasteiger partial charge in [0.25, 0.3) is 5.91 Å². The fraction of sp³-hybridized carbons (Fsp3) is 0.302. The summed E-state index contributed by atoms with van der Waals surface area (Å²) in [4.78, 5) is 27.4. The molecule has 0 radical (unpaired) electrons. The summed E-state index contributed by atoms with van der Waals surface area (Å²) < 4.78 is 35.2. The molecule has 9 heteroatoms. The number of esters is 1. The van der Waals surface area contributed by atoms with Crippen molar-refractivity contribution in [2.45, 2.75) is 84.2 Å². The van der Waals surface area contributed by atoms with E-state index in [1.165, 1.54) is 12.1 Å². The molecule has 2 unspecified atom stereocenters. The molecule has 52 heavy (non-hydrogen) atoms. The molecule has 5 aromatic rings. The molecule has 1 saturated heterocycles. The van der Waals surface area contributed by atoms with Gasteiger partial charge in [0.15, 0.2) is 0 Å². The van der Waals surface area contributed by atoms with Gasteiger partial charge in [-0.1, -0.05) is 92.7 Å². The highest BCUT2D eigenvalue weighted by Crippen LogP contribution is 2.43. The molecule has 1 fully saturated rings. The number of rotatable bonds is 11. The topological polar surface area (TPSA) is 78.8 Å². The van der Waals surface area contributed by atoms with Crippen LogP contribution in [0, 0.1) is 5.82 Å². The van der Waals surface area contributed by atoms with Gasteiger partial charge in [-0.2, -0.15) is 0 Å². The Bertz CT molecular complexity index is 1960. The first-order valence-electron chi connectivity index (χ1n) is 18.0. The van der Waals surface area contributed by atoms with Crippen molar-refractivity contribution in [3.8, 4) is 22.4 Å². The maximum atomic E-state index is 14.5. The quantitative estimate of drug-likeness (QED) is 0.110.